The van der Waals surface area contributed by atoms with Crippen LogP contribution in [0, 0.1) is 17.8 Å². The highest BCUT2D eigenvalue weighted by molar-refractivity contribution is 5.81. The summed E-state index contributed by atoms with van der Waals surface area (Å²) in [6, 6.07) is -0.767. The SMILES string of the molecule is CC1CC2CCC3C[C@H](C(C)(C)O)OC3C2C[NH+]1[C@@H](CC(N)=O)C(=O)[O-]. The van der Waals surface area contributed by atoms with Gasteiger partial charge in [0.1, 0.15) is 6.04 Å². The van der Waals surface area contributed by atoms with E-state index in [-0.39, 0.29) is 30.6 Å². The Bertz CT molecular complexity index is 561. The number of fused-ring (bicyclic) bond motifs is 3. The van der Waals surface area contributed by atoms with Crippen molar-refractivity contribution in [1.82, 2.24) is 0 Å². The lowest BCUT2D eigenvalue weighted by atomic mass is 9.67. The van der Waals surface area contributed by atoms with E-state index >= 15 is 0 Å². The van der Waals surface area contributed by atoms with E-state index in [4.69, 9.17) is 10.5 Å². The molecule has 3 aliphatic rings. The number of aliphatic carboxylic acids is 1. The van der Waals surface area contributed by atoms with E-state index in [0.717, 1.165) is 30.6 Å². The van der Waals surface area contributed by atoms with E-state index in [1.807, 2.05) is 6.92 Å². The number of nitrogens with one attached hydrogen (secondary N) is 1. The Morgan fingerprint density at radius 1 is 1.31 bits per heavy atom. The summed E-state index contributed by atoms with van der Waals surface area (Å²) in [6.07, 6.45) is 3.68. The van der Waals surface area contributed by atoms with Crippen LogP contribution in [0.3, 0.4) is 0 Å². The molecule has 148 valence electrons. The van der Waals surface area contributed by atoms with Gasteiger partial charge in [0.05, 0.1) is 42.8 Å². The fourth-order valence-electron chi connectivity index (χ4n) is 5.57. The Morgan fingerprint density at radius 2 is 1.96 bits per heavy atom. The van der Waals surface area contributed by atoms with E-state index in [1.54, 1.807) is 13.8 Å². The van der Waals surface area contributed by atoms with Crippen LogP contribution in [0.15, 0.2) is 0 Å². The molecule has 1 saturated carbocycles. The van der Waals surface area contributed by atoms with Crippen LogP contribution >= 0.6 is 0 Å². The molecule has 0 aromatic carbocycles. The highest BCUT2D eigenvalue weighted by Crippen LogP contribution is 2.47. The number of carbonyl (C=O) groups is 2. The molecule has 7 nitrogen and oxygen atoms in total. The molecule has 1 aliphatic carbocycles. The number of hydrogen-bond donors (Lipinski definition) is 3. The zero-order chi connectivity index (χ0) is 19.2. The Labute approximate surface area is 154 Å². The van der Waals surface area contributed by atoms with Crippen molar-refractivity contribution in [3.05, 3.63) is 0 Å². The lowest BCUT2D eigenvalue weighted by Crippen LogP contribution is -3.22. The van der Waals surface area contributed by atoms with Crippen LogP contribution in [0.25, 0.3) is 0 Å². The third kappa shape index (κ3) is 3.75. The number of carboxylic acids is 1. The lowest BCUT2D eigenvalue weighted by molar-refractivity contribution is -0.951. The predicted molar refractivity (Wildman–Crippen MR) is 91.8 cm³/mol. The first-order chi connectivity index (χ1) is 12.1. The average Bonchev–Trinajstić information content (AvgIpc) is 2.96. The fourth-order valence-corrected chi connectivity index (χ4v) is 5.57. The Morgan fingerprint density at radius 3 is 2.54 bits per heavy atom. The maximum Gasteiger partial charge on any atom is 0.223 e. The van der Waals surface area contributed by atoms with Gasteiger partial charge in [-0.05, 0) is 51.9 Å². The lowest BCUT2D eigenvalue weighted by Gasteiger charge is -2.48. The van der Waals surface area contributed by atoms with Crippen molar-refractivity contribution < 1.29 is 29.4 Å². The van der Waals surface area contributed by atoms with Gasteiger partial charge in [0.2, 0.25) is 5.91 Å². The van der Waals surface area contributed by atoms with Gasteiger partial charge in [-0.25, -0.2) is 0 Å². The number of piperidine rings is 1. The summed E-state index contributed by atoms with van der Waals surface area (Å²) >= 11 is 0. The molecule has 3 rings (SSSR count). The number of carbonyl (C=O) groups excluding carboxylic acids is 2. The summed E-state index contributed by atoms with van der Waals surface area (Å²) in [5.41, 5.74) is 4.40. The van der Waals surface area contributed by atoms with E-state index in [2.05, 4.69) is 0 Å². The van der Waals surface area contributed by atoms with Crippen LogP contribution in [-0.2, 0) is 14.3 Å². The first kappa shape index (κ1) is 19.6. The molecular formula is C19H32N2O5. The van der Waals surface area contributed by atoms with Crippen molar-refractivity contribution in [1.29, 1.82) is 0 Å². The Balaban J connectivity index is 1.78. The summed E-state index contributed by atoms with van der Waals surface area (Å²) in [4.78, 5) is 23.9. The highest BCUT2D eigenvalue weighted by atomic mass is 16.5. The molecule has 0 aromatic heterocycles. The maximum atomic E-state index is 11.6. The molecule has 8 atom stereocenters. The number of likely N-dealkylation sites (tertiary alicyclic amines) is 1. The summed E-state index contributed by atoms with van der Waals surface area (Å²) in [6.45, 7) is 6.26. The van der Waals surface area contributed by atoms with Crippen molar-refractivity contribution >= 4 is 11.9 Å². The van der Waals surface area contributed by atoms with Crippen LogP contribution in [0.2, 0.25) is 0 Å². The molecule has 26 heavy (non-hydrogen) atoms. The monoisotopic (exact) mass is 368 g/mol. The summed E-state index contributed by atoms with van der Waals surface area (Å²) in [7, 11) is 0. The molecule has 0 aromatic rings. The van der Waals surface area contributed by atoms with Crippen molar-refractivity contribution in [2.45, 2.75) is 82.8 Å². The molecule has 6 unspecified atom stereocenters. The standard InChI is InChI=1S/C19H32N2O5/c1-10-6-11-4-5-12-7-15(19(2,3)25)26-17(12)13(11)9-21(10)14(18(23)24)8-16(20)22/h10-15,17,25H,4-9H2,1-3H3,(H2,20,22)(H,23,24)/t10?,11?,12?,13?,14-,15+,17?/m0/s1. The number of rotatable bonds is 5. The second kappa shape index (κ2) is 7.09. The molecule has 4 N–H and O–H groups in total. The number of carboxylic acid groups (broad SMARTS) is 1. The number of ether oxygens (including phenoxy) is 1. The number of quaternary nitrogens is 1. The zero-order valence-electron chi connectivity index (χ0n) is 15.9. The topological polar surface area (TPSA) is 117 Å². The Hall–Kier alpha value is -1.18. The van der Waals surface area contributed by atoms with Gasteiger partial charge in [-0.15, -0.1) is 0 Å². The van der Waals surface area contributed by atoms with Gasteiger partial charge in [-0.1, -0.05) is 0 Å². The molecule has 7 heteroatoms. The Kier molecular flexibility index (Phi) is 5.34. The number of primary amides is 1. The zero-order valence-corrected chi connectivity index (χ0v) is 15.9. The maximum absolute atomic E-state index is 11.6. The number of amides is 1. The largest absolute Gasteiger partial charge is 0.544 e. The van der Waals surface area contributed by atoms with Gasteiger partial charge >= 0.3 is 0 Å². The second-order valence-electron chi connectivity index (χ2n) is 9.20. The van der Waals surface area contributed by atoms with Crippen LogP contribution in [-0.4, -0.2) is 53.4 Å². The smallest absolute Gasteiger partial charge is 0.223 e. The van der Waals surface area contributed by atoms with Crippen LogP contribution in [0.4, 0.5) is 0 Å². The van der Waals surface area contributed by atoms with E-state index in [1.165, 1.54) is 0 Å². The fraction of sp³-hybridized carbons (Fsp3) is 0.895. The van der Waals surface area contributed by atoms with Gasteiger partial charge in [0.15, 0.2) is 0 Å². The van der Waals surface area contributed by atoms with Crippen molar-refractivity contribution in [3.8, 4) is 0 Å². The van der Waals surface area contributed by atoms with Crippen LogP contribution in [0.5, 0.6) is 0 Å². The number of nitrogens with two attached hydrogens (primary N) is 1. The van der Waals surface area contributed by atoms with Crippen molar-refractivity contribution in [3.63, 3.8) is 0 Å². The van der Waals surface area contributed by atoms with Gasteiger partial charge in [0.25, 0.3) is 0 Å². The molecule has 0 bridgehead atoms. The third-order valence-corrected chi connectivity index (χ3v) is 6.92. The van der Waals surface area contributed by atoms with Crippen molar-refractivity contribution in [2.75, 3.05) is 6.54 Å². The molecule has 0 spiro atoms. The first-order valence-corrected chi connectivity index (χ1v) is 9.80. The van der Waals surface area contributed by atoms with E-state index in [0.29, 0.717) is 18.4 Å². The summed E-state index contributed by atoms with van der Waals surface area (Å²) in [5, 5.41) is 22.0. The van der Waals surface area contributed by atoms with E-state index in [9.17, 15) is 19.8 Å². The van der Waals surface area contributed by atoms with Gasteiger partial charge in [0, 0.05) is 12.3 Å². The van der Waals surface area contributed by atoms with Crippen LogP contribution in [0.1, 0.15) is 52.9 Å². The molecule has 2 aliphatic heterocycles. The molecule has 3 fully saturated rings. The predicted octanol–water partition coefficient (Wildman–Crippen LogP) is -1.77. The minimum absolute atomic E-state index is 0.0589. The minimum Gasteiger partial charge on any atom is -0.544 e. The normalized spacial score (nSPS) is 41.2. The summed E-state index contributed by atoms with van der Waals surface area (Å²) in [5.74, 6) is -0.645. The molecule has 1 amide bonds. The van der Waals surface area contributed by atoms with Crippen LogP contribution < -0.4 is 15.7 Å². The third-order valence-electron chi connectivity index (χ3n) is 6.92. The van der Waals surface area contributed by atoms with Gasteiger partial charge in [-0.2, -0.15) is 0 Å². The van der Waals surface area contributed by atoms with Crippen molar-refractivity contribution in [2.24, 2.45) is 23.5 Å². The molecule has 0 radical (unpaired) electrons. The molecule has 2 heterocycles. The van der Waals surface area contributed by atoms with Gasteiger partial charge in [-0.3, -0.25) is 4.79 Å². The second-order valence-corrected chi connectivity index (χ2v) is 9.20. The summed E-state index contributed by atoms with van der Waals surface area (Å²) < 4.78 is 6.29. The van der Waals surface area contributed by atoms with E-state index < -0.39 is 23.5 Å². The number of hydrogen-bond acceptors (Lipinski definition) is 5. The average molecular weight is 368 g/mol. The number of aliphatic hydroxyl groups is 1. The highest BCUT2D eigenvalue weighted by Gasteiger charge is 2.53. The first-order valence-electron chi connectivity index (χ1n) is 9.80. The van der Waals surface area contributed by atoms with Gasteiger partial charge < -0.3 is 30.4 Å². The molecule has 2 saturated heterocycles. The quantitative estimate of drug-likeness (QED) is 0.531. The molecular weight excluding hydrogens is 336 g/mol. The minimum atomic E-state index is -1.21.